The Kier molecular flexibility index (Phi) is 3.17. The Bertz CT molecular complexity index is 326. The van der Waals surface area contributed by atoms with Crippen molar-refractivity contribution in [1.29, 1.82) is 0 Å². The van der Waals surface area contributed by atoms with Crippen molar-refractivity contribution < 1.29 is 14.3 Å². The Morgan fingerprint density at radius 1 is 1.57 bits per heavy atom. The zero-order chi connectivity index (χ0) is 10.7. The number of allylic oxidation sites excluding steroid dienone is 1. The highest BCUT2D eigenvalue weighted by Crippen LogP contribution is 2.16. The second-order valence-electron chi connectivity index (χ2n) is 3.13. The van der Waals surface area contributed by atoms with Gasteiger partial charge in [-0.2, -0.15) is 0 Å². The molecule has 1 rings (SSSR count). The van der Waals surface area contributed by atoms with Crippen molar-refractivity contribution >= 4 is 17.5 Å². The van der Waals surface area contributed by atoms with Gasteiger partial charge in [-0.15, -0.1) is 0 Å². The molecule has 0 amide bonds. The van der Waals surface area contributed by atoms with E-state index in [1.165, 1.54) is 6.20 Å². The van der Waals surface area contributed by atoms with Crippen LogP contribution in [0.1, 0.15) is 20.8 Å². The number of Topliss-reactive ketones (excluding diaryl/α,β-unsaturated/α-hetero) is 1. The quantitative estimate of drug-likeness (QED) is 0.490. The molecule has 0 aromatic heterocycles. The van der Waals surface area contributed by atoms with Crippen molar-refractivity contribution in [3.63, 3.8) is 0 Å². The molecule has 1 unspecified atom stereocenters. The molecule has 4 heteroatoms. The summed E-state index contributed by atoms with van der Waals surface area (Å²) in [4.78, 5) is 27.0. The number of nitrogens with zero attached hydrogens (tertiary/aromatic N) is 1. The molecule has 0 saturated carbocycles. The first-order valence-corrected chi connectivity index (χ1v) is 4.49. The topological polar surface area (TPSA) is 55.7 Å². The minimum absolute atomic E-state index is 0.212. The number of carbonyl (C=O) groups is 2. The molecule has 0 spiro atoms. The van der Waals surface area contributed by atoms with E-state index in [2.05, 4.69) is 4.99 Å². The van der Waals surface area contributed by atoms with Gasteiger partial charge in [-0.3, -0.25) is 14.6 Å². The van der Waals surface area contributed by atoms with Crippen LogP contribution in [0.25, 0.3) is 0 Å². The first-order valence-electron chi connectivity index (χ1n) is 4.49. The predicted octanol–water partition coefficient (Wildman–Crippen LogP) is 1.11. The molecule has 76 valence electrons. The number of hydrogen-bond donors (Lipinski definition) is 0. The Labute approximate surface area is 82.7 Å². The normalized spacial score (nSPS) is 21.4. The van der Waals surface area contributed by atoms with Gasteiger partial charge in [0.25, 0.3) is 0 Å². The fourth-order valence-corrected chi connectivity index (χ4v) is 1.26. The highest BCUT2D eigenvalue weighted by molar-refractivity contribution is 6.24. The largest absolute Gasteiger partial charge is 0.465 e. The summed E-state index contributed by atoms with van der Waals surface area (Å²) in [7, 11) is 0. The SMILES string of the molecule is CCOC(=O)C1C(=O)C(C)=CN=C1C. The third kappa shape index (κ3) is 1.89. The van der Waals surface area contributed by atoms with Gasteiger partial charge >= 0.3 is 5.97 Å². The van der Waals surface area contributed by atoms with Crippen LogP contribution >= 0.6 is 0 Å². The van der Waals surface area contributed by atoms with Crippen LogP contribution in [0.4, 0.5) is 0 Å². The molecular weight excluding hydrogens is 182 g/mol. The summed E-state index contributed by atoms with van der Waals surface area (Å²) in [6, 6.07) is 0. The van der Waals surface area contributed by atoms with Crippen LogP contribution < -0.4 is 0 Å². The van der Waals surface area contributed by atoms with Gasteiger partial charge in [0.05, 0.1) is 6.61 Å². The first-order chi connectivity index (χ1) is 6.57. The van der Waals surface area contributed by atoms with E-state index in [0.717, 1.165) is 0 Å². The van der Waals surface area contributed by atoms with E-state index >= 15 is 0 Å². The summed E-state index contributed by atoms with van der Waals surface area (Å²) in [6.45, 7) is 5.28. The molecule has 0 N–H and O–H groups in total. The third-order valence-corrected chi connectivity index (χ3v) is 2.05. The molecule has 0 aromatic rings. The molecule has 14 heavy (non-hydrogen) atoms. The molecule has 1 aliphatic rings. The van der Waals surface area contributed by atoms with Crippen molar-refractivity contribution in [2.24, 2.45) is 10.9 Å². The summed E-state index contributed by atoms with van der Waals surface area (Å²) < 4.78 is 4.80. The molecule has 1 aliphatic heterocycles. The van der Waals surface area contributed by atoms with Crippen LogP contribution in [0, 0.1) is 5.92 Å². The number of aliphatic imine (C=N–C) groups is 1. The molecule has 0 radical (unpaired) electrons. The number of rotatable bonds is 2. The van der Waals surface area contributed by atoms with Gasteiger partial charge < -0.3 is 4.74 Å². The number of esters is 1. The van der Waals surface area contributed by atoms with Gasteiger partial charge in [0, 0.05) is 17.5 Å². The average molecular weight is 195 g/mol. The average Bonchev–Trinajstić information content (AvgIpc) is 2.13. The molecule has 1 heterocycles. The van der Waals surface area contributed by atoms with Crippen molar-refractivity contribution in [1.82, 2.24) is 0 Å². The summed E-state index contributed by atoms with van der Waals surface area (Å²) in [5.74, 6) is -1.55. The standard InChI is InChI=1S/C10H13NO3/c1-4-14-10(13)8-7(3)11-5-6(2)9(8)12/h5,8H,4H2,1-3H3. The lowest BCUT2D eigenvalue weighted by Crippen LogP contribution is -2.34. The highest BCUT2D eigenvalue weighted by Gasteiger charge is 2.33. The van der Waals surface area contributed by atoms with E-state index in [4.69, 9.17) is 4.74 Å². The number of ether oxygens (including phenoxy) is 1. The lowest BCUT2D eigenvalue weighted by atomic mass is 9.93. The van der Waals surface area contributed by atoms with E-state index in [-0.39, 0.29) is 12.4 Å². The maximum absolute atomic E-state index is 11.6. The van der Waals surface area contributed by atoms with Crippen molar-refractivity contribution in [3.05, 3.63) is 11.8 Å². The van der Waals surface area contributed by atoms with E-state index < -0.39 is 11.9 Å². The minimum atomic E-state index is -0.833. The lowest BCUT2D eigenvalue weighted by molar-refractivity contribution is -0.147. The molecule has 0 fully saturated rings. The van der Waals surface area contributed by atoms with Gasteiger partial charge in [0.1, 0.15) is 0 Å². The second-order valence-corrected chi connectivity index (χ2v) is 3.13. The van der Waals surface area contributed by atoms with Gasteiger partial charge in [-0.25, -0.2) is 0 Å². The number of ketones is 1. The number of carbonyl (C=O) groups excluding carboxylic acids is 2. The predicted molar refractivity (Wildman–Crippen MR) is 52.0 cm³/mol. The van der Waals surface area contributed by atoms with E-state index in [9.17, 15) is 9.59 Å². The van der Waals surface area contributed by atoms with Crippen LogP contribution in [0.15, 0.2) is 16.8 Å². The first kappa shape index (κ1) is 10.6. The summed E-state index contributed by atoms with van der Waals surface area (Å²) in [5.41, 5.74) is 0.993. The maximum Gasteiger partial charge on any atom is 0.322 e. The molecule has 4 nitrogen and oxygen atoms in total. The zero-order valence-electron chi connectivity index (χ0n) is 8.53. The van der Waals surface area contributed by atoms with Crippen molar-refractivity contribution in [2.75, 3.05) is 6.61 Å². The molecular formula is C10H13NO3. The van der Waals surface area contributed by atoms with E-state index in [0.29, 0.717) is 11.3 Å². The Morgan fingerprint density at radius 2 is 2.21 bits per heavy atom. The van der Waals surface area contributed by atoms with Crippen LogP contribution in [-0.4, -0.2) is 24.1 Å². The van der Waals surface area contributed by atoms with Crippen LogP contribution in [-0.2, 0) is 14.3 Å². The monoisotopic (exact) mass is 195 g/mol. The maximum atomic E-state index is 11.6. The number of hydrogen-bond acceptors (Lipinski definition) is 4. The fraction of sp³-hybridized carbons (Fsp3) is 0.500. The van der Waals surface area contributed by atoms with Gasteiger partial charge in [0.2, 0.25) is 0 Å². The Hall–Kier alpha value is -1.45. The molecule has 0 aromatic carbocycles. The lowest BCUT2D eigenvalue weighted by Gasteiger charge is -2.17. The van der Waals surface area contributed by atoms with Crippen LogP contribution in [0.3, 0.4) is 0 Å². The van der Waals surface area contributed by atoms with E-state index in [1.54, 1.807) is 20.8 Å². The summed E-state index contributed by atoms with van der Waals surface area (Å²) in [6.07, 6.45) is 1.48. The molecule has 0 saturated heterocycles. The Morgan fingerprint density at radius 3 is 2.79 bits per heavy atom. The Balaban J connectivity index is 2.89. The smallest absolute Gasteiger partial charge is 0.322 e. The zero-order valence-corrected chi connectivity index (χ0v) is 8.53. The second kappa shape index (κ2) is 4.17. The summed E-state index contributed by atoms with van der Waals surface area (Å²) in [5, 5.41) is 0. The van der Waals surface area contributed by atoms with Crippen LogP contribution in [0.5, 0.6) is 0 Å². The highest BCUT2D eigenvalue weighted by atomic mass is 16.5. The van der Waals surface area contributed by atoms with Gasteiger partial charge in [-0.1, -0.05) is 0 Å². The van der Waals surface area contributed by atoms with Gasteiger partial charge in [-0.05, 0) is 20.8 Å². The van der Waals surface area contributed by atoms with Gasteiger partial charge in [0.15, 0.2) is 11.7 Å². The van der Waals surface area contributed by atoms with Crippen LogP contribution in [0.2, 0.25) is 0 Å². The van der Waals surface area contributed by atoms with Crippen molar-refractivity contribution in [3.8, 4) is 0 Å². The van der Waals surface area contributed by atoms with Crippen molar-refractivity contribution in [2.45, 2.75) is 20.8 Å². The summed E-state index contributed by atoms with van der Waals surface area (Å²) >= 11 is 0. The molecule has 1 atom stereocenters. The molecule has 0 aliphatic carbocycles. The third-order valence-electron chi connectivity index (χ3n) is 2.05. The van der Waals surface area contributed by atoms with E-state index in [1.807, 2.05) is 0 Å². The molecule has 0 bridgehead atoms. The minimum Gasteiger partial charge on any atom is -0.465 e. The fourth-order valence-electron chi connectivity index (χ4n) is 1.26.